The van der Waals surface area contributed by atoms with Crippen LogP contribution < -0.4 is 0 Å². The van der Waals surface area contributed by atoms with E-state index in [1.807, 2.05) is 45.0 Å². The maximum atomic E-state index is 13.0. The van der Waals surface area contributed by atoms with Gasteiger partial charge in [0.1, 0.15) is 5.76 Å². The summed E-state index contributed by atoms with van der Waals surface area (Å²) < 4.78 is 12.1. The van der Waals surface area contributed by atoms with Gasteiger partial charge in [-0.2, -0.15) is 0 Å². The summed E-state index contributed by atoms with van der Waals surface area (Å²) in [7, 11) is 1.25. The van der Waals surface area contributed by atoms with E-state index < -0.39 is 17.1 Å². The smallest absolute Gasteiger partial charge is 0.373 e. The molecule has 0 aliphatic carbocycles. The van der Waals surface area contributed by atoms with Gasteiger partial charge in [0.25, 0.3) is 11.1 Å². The number of nitrogens with zero attached hydrogens (tertiary/aromatic N) is 2. The van der Waals surface area contributed by atoms with E-state index in [9.17, 15) is 14.4 Å². The number of hydrogen-bond acceptors (Lipinski definition) is 6. The lowest BCUT2D eigenvalue weighted by molar-refractivity contribution is -0.123. The van der Waals surface area contributed by atoms with Crippen molar-refractivity contribution in [3.05, 3.63) is 80.4 Å². The number of aromatic nitrogens is 1. The lowest BCUT2D eigenvalue weighted by Crippen LogP contribution is -2.27. The SMILES string of the molecule is COC(=O)c1ccc(CN2C(=O)SC(=Cc3cc(C)n(-c4cc(Cl)ccc4C)c3C)C2=O)o1. The molecule has 7 nitrogen and oxygen atoms in total. The van der Waals surface area contributed by atoms with Gasteiger partial charge in [0, 0.05) is 22.1 Å². The van der Waals surface area contributed by atoms with Crippen molar-refractivity contribution >= 4 is 46.6 Å². The van der Waals surface area contributed by atoms with E-state index in [0.29, 0.717) is 15.7 Å². The predicted octanol–water partition coefficient (Wildman–Crippen LogP) is 5.67. The molecule has 0 saturated carbocycles. The molecule has 0 bridgehead atoms. The number of rotatable bonds is 5. The minimum Gasteiger partial charge on any atom is -0.463 e. The molecule has 2 aromatic heterocycles. The quantitative estimate of drug-likeness (QED) is 0.342. The molecule has 3 aromatic rings. The van der Waals surface area contributed by atoms with Gasteiger partial charge in [-0.05, 0) is 80.1 Å². The van der Waals surface area contributed by atoms with Crippen molar-refractivity contribution in [1.29, 1.82) is 0 Å². The van der Waals surface area contributed by atoms with Gasteiger partial charge in [0.2, 0.25) is 5.76 Å². The second-order valence-corrected chi connectivity index (χ2v) is 9.05. The molecular formula is C24H21ClN2O5S. The topological polar surface area (TPSA) is 81.8 Å². The van der Waals surface area contributed by atoms with Gasteiger partial charge in [-0.15, -0.1) is 0 Å². The summed E-state index contributed by atoms with van der Waals surface area (Å²) in [4.78, 5) is 38.5. The summed E-state index contributed by atoms with van der Waals surface area (Å²) >= 11 is 7.08. The molecular weight excluding hydrogens is 464 g/mol. The fourth-order valence-electron chi connectivity index (χ4n) is 3.73. The lowest BCUT2D eigenvalue weighted by atomic mass is 10.2. The zero-order chi connectivity index (χ0) is 23.9. The van der Waals surface area contributed by atoms with E-state index in [4.69, 9.17) is 16.0 Å². The number of imide groups is 1. The number of furan rings is 1. The fourth-order valence-corrected chi connectivity index (χ4v) is 4.73. The summed E-state index contributed by atoms with van der Waals surface area (Å²) in [5.74, 6) is -0.710. The molecule has 0 spiro atoms. The van der Waals surface area contributed by atoms with E-state index in [2.05, 4.69) is 9.30 Å². The van der Waals surface area contributed by atoms with Crippen LogP contribution in [0.2, 0.25) is 5.02 Å². The maximum absolute atomic E-state index is 13.0. The Labute approximate surface area is 199 Å². The highest BCUT2D eigenvalue weighted by Crippen LogP contribution is 2.35. The van der Waals surface area contributed by atoms with Crippen LogP contribution in [-0.4, -0.2) is 33.7 Å². The minimum absolute atomic E-state index is 0.0127. The first-order valence-corrected chi connectivity index (χ1v) is 11.3. The monoisotopic (exact) mass is 484 g/mol. The summed E-state index contributed by atoms with van der Waals surface area (Å²) in [6.45, 7) is 5.88. The Balaban J connectivity index is 1.61. The van der Waals surface area contributed by atoms with Crippen LogP contribution in [0.1, 0.15) is 38.8 Å². The number of thioether (sulfide) groups is 1. The van der Waals surface area contributed by atoms with Gasteiger partial charge >= 0.3 is 5.97 Å². The molecule has 0 radical (unpaired) electrons. The van der Waals surface area contributed by atoms with Gasteiger partial charge in [0.15, 0.2) is 0 Å². The Morgan fingerprint density at radius 3 is 2.64 bits per heavy atom. The van der Waals surface area contributed by atoms with Crippen molar-refractivity contribution in [1.82, 2.24) is 9.47 Å². The zero-order valence-electron chi connectivity index (χ0n) is 18.5. The first-order chi connectivity index (χ1) is 15.7. The van der Waals surface area contributed by atoms with Crippen molar-refractivity contribution in [2.24, 2.45) is 0 Å². The molecule has 0 atom stereocenters. The van der Waals surface area contributed by atoms with Crippen LogP contribution in [0.25, 0.3) is 11.8 Å². The van der Waals surface area contributed by atoms with Crippen molar-refractivity contribution in [2.75, 3.05) is 7.11 Å². The van der Waals surface area contributed by atoms with E-state index in [1.54, 1.807) is 12.1 Å². The maximum Gasteiger partial charge on any atom is 0.373 e. The Morgan fingerprint density at radius 2 is 1.91 bits per heavy atom. The third kappa shape index (κ3) is 4.36. The number of carbonyl (C=O) groups excluding carboxylic acids is 3. The lowest BCUT2D eigenvalue weighted by Gasteiger charge is -2.13. The number of methoxy groups -OCH3 is 1. The number of halogens is 1. The fraction of sp³-hybridized carbons (Fsp3) is 0.208. The molecule has 1 saturated heterocycles. The Kier molecular flexibility index (Phi) is 6.23. The van der Waals surface area contributed by atoms with E-state index in [1.165, 1.54) is 13.2 Å². The summed E-state index contributed by atoms with van der Waals surface area (Å²) in [6.07, 6.45) is 1.73. The first kappa shape index (κ1) is 22.9. The molecule has 0 unspecified atom stereocenters. The largest absolute Gasteiger partial charge is 0.463 e. The summed E-state index contributed by atoms with van der Waals surface area (Å²) in [5.41, 5.74) is 4.78. The van der Waals surface area contributed by atoms with Crippen molar-refractivity contribution in [3.63, 3.8) is 0 Å². The predicted molar refractivity (Wildman–Crippen MR) is 127 cm³/mol. The second kappa shape index (κ2) is 8.96. The van der Waals surface area contributed by atoms with E-state index in [-0.39, 0.29) is 12.3 Å². The number of carbonyl (C=O) groups is 3. The number of esters is 1. The molecule has 2 amide bonds. The molecule has 1 aromatic carbocycles. The zero-order valence-corrected chi connectivity index (χ0v) is 20.0. The normalized spacial score (nSPS) is 15.1. The van der Waals surface area contributed by atoms with Crippen molar-refractivity contribution in [2.45, 2.75) is 27.3 Å². The van der Waals surface area contributed by atoms with Crippen LogP contribution in [0.15, 0.2) is 45.7 Å². The van der Waals surface area contributed by atoms with Crippen LogP contribution in [0, 0.1) is 20.8 Å². The van der Waals surface area contributed by atoms with Crippen LogP contribution in [-0.2, 0) is 16.1 Å². The average molecular weight is 485 g/mol. The van der Waals surface area contributed by atoms with Gasteiger partial charge in [-0.25, -0.2) is 4.79 Å². The molecule has 1 fully saturated rings. The van der Waals surface area contributed by atoms with Gasteiger partial charge < -0.3 is 13.7 Å². The minimum atomic E-state index is -0.624. The third-order valence-corrected chi connectivity index (χ3v) is 6.55. The first-order valence-electron chi connectivity index (χ1n) is 10.1. The highest BCUT2D eigenvalue weighted by Gasteiger charge is 2.36. The van der Waals surface area contributed by atoms with Crippen LogP contribution in [0.4, 0.5) is 4.79 Å². The van der Waals surface area contributed by atoms with Crippen LogP contribution in [0.3, 0.4) is 0 Å². The summed E-state index contributed by atoms with van der Waals surface area (Å²) in [5, 5.41) is 0.237. The van der Waals surface area contributed by atoms with Crippen molar-refractivity contribution < 1.29 is 23.5 Å². The van der Waals surface area contributed by atoms with E-state index in [0.717, 1.165) is 44.9 Å². The van der Waals surface area contributed by atoms with Crippen LogP contribution in [0.5, 0.6) is 0 Å². The number of amides is 2. The van der Waals surface area contributed by atoms with Gasteiger partial charge in [-0.3, -0.25) is 14.5 Å². The average Bonchev–Trinajstić information content (AvgIpc) is 3.43. The van der Waals surface area contributed by atoms with Crippen molar-refractivity contribution in [3.8, 4) is 5.69 Å². The second-order valence-electron chi connectivity index (χ2n) is 7.62. The highest BCUT2D eigenvalue weighted by atomic mass is 35.5. The molecule has 170 valence electrons. The number of aryl methyl sites for hydroxylation is 2. The van der Waals surface area contributed by atoms with Gasteiger partial charge in [0.05, 0.1) is 18.6 Å². The Morgan fingerprint density at radius 1 is 1.15 bits per heavy atom. The molecule has 1 aliphatic heterocycles. The van der Waals surface area contributed by atoms with Crippen LogP contribution >= 0.6 is 23.4 Å². The standard InChI is InChI=1S/C24H21ClN2O5S/c1-13-5-6-17(25)11-19(13)27-14(2)9-16(15(27)3)10-21-22(28)26(24(30)33-21)12-18-7-8-20(32-18)23(29)31-4/h5-11H,12H2,1-4H3. The molecule has 3 heterocycles. The third-order valence-electron chi connectivity index (χ3n) is 5.40. The van der Waals surface area contributed by atoms with Gasteiger partial charge in [-0.1, -0.05) is 17.7 Å². The molecule has 4 rings (SSSR count). The molecule has 33 heavy (non-hydrogen) atoms. The molecule has 1 aliphatic rings. The summed E-state index contributed by atoms with van der Waals surface area (Å²) in [6, 6.07) is 10.7. The van der Waals surface area contributed by atoms with E-state index >= 15 is 0 Å². The highest BCUT2D eigenvalue weighted by molar-refractivity contribution is 8.18. The number of ether oxygens (including phenoxy) is 1. The Hall–Kier alpha value is -3.23. The number of hydrogen-bond donors (Lipinski definition) is 0. The Bertz CT molecular complexity index is 1320. The number of benzene rings is 1. The molecule has 9 heteroatoms. The molecule has 0 N–H and O–H groups in total.